The molecule has 0 bridgehead atoms. The van der Waals surface area contributed by atoms with Crippen LogP contribution in [0.4, 0.5) is 10.1 Å². The predicted molar refractivity (Wildman–Crippen MR) is 116 cm³/mol. The summed E-state index contributed by atoms with van der Waals surface area (Å²) in [5.74, 6) is -1.04. The molecule has 3 aromatic rings. The molecule has 0 atom stereocenters. The van der Waals surface area contributed by atoms with E-state index in [9.17, 15) is 13.2 Å². The number of nitrogens with one attached hydrogen (secondary N) is 2. The molecule has 0 aromatic heterocycles. The number of fused-ring (bicyclic) bond motifs is 1. The molecular weight excluding hydrogens is 437 g/mol. The van der Waals surface area contributed by atoms with E-state index in [4.69, 9.17) is 9.47 Å². The first kappa shape index (κ1) is 20.5. The second-order valence-corrected chi connectivity index (χ2v) is 9.22. The van der Waals surface area contributed by atoms with Crippen LogP contribution in [0.25, 0.3) is 10.8 Å². The molecule has 0 unspecified atom stereocenters. The van der Waals surface area contributed by atoms with Gasteiger partial charge < -0.3 is 14.8 Å². The van der Waals surface area contributed by atoms with Gasteiger partial charge in [0.25, 0.3) is 5.91 Å². The van der Waals surface area contributed by atoms with Crippen LogP contribution in [0, 0.1) is 5.82 Å². The lowest BCUT2D eigenvalue weighted by Crippen LogP contribution is -2.50. The Morgan fingerprint density at radius 1 is 1.09 bits per heavy atom. The van der Waals surface area contributed by atoms with Gasteiger partial charge in [-0.3, -0.25) is 4.79 Å². The molecule has 2 heterocycles. The summed E-state index contributed by atoms with van der Waals surface area (Å²) in [4.78, 5) is 11.8. The molecule has 8 nitrogen and oxygen atoms in total. The summed E-state index contributed by atoms with van der Waals surface area (Å²) in [5, 5.41) is 3.79. The van der Waals surface area contributed by atoms with Gasteiger partial charge >= 0.3 is 10.2 Å². The fraction of sp³-hybridized carbons (Fsp3) is 0.227. The lowest BCUT2D eigenvalue weighted by molar-refractivity contribution is -0.117. The zero-order chi connectivity index (χ0) is 22.3. The van der Waals surface area contributed by atoms with E-state index >= 15 is 4.39 Å². The molecule has 32 heavy (non-hydrogen) atoms. The number of benzene rings is 3. The maximum absolute atomic E-state index is 15.8. The summed E-state index contributed by atoms with van der Waals surface area (Å²) in [5.41, 5.74) is 0.518. The Kier molecular flexibility index (Phi) is 5.10. The number of hydrogen-bond acceptors (Lipinski definition) is 6. The van der Waals surface area contributed by atoms with Gasteiger partial charge in [-0.25, -0.2) is 13.4 Å². The number of carbonyl (C=O) groups excluding carboxylic acids is 1. The molecular formula is C22H20FN3O5S. The molecule has 1 amide bonds. The number of amides is 1. The molecule has 2 fully saturated rings. The fourth-order valence-corrected chi connectivity index (χ4v) is 4.79. The topological polar surface area (TPSA) is 97.0 Å². The number of nitrogens with zero attached hydrogens (tertiary/aromatic N) is 1. The maximum Gasteiger partial charge on any atom is 0.326 e. The van der Waals surface area contributed by atoms with Gasteiger partial charge in [0.05, 0.1) is 0 Å². The molecule has 10 heteroatoms. The third-order valence-corrected chi connectivity index (χ3v) is 6.72. The lowest BCUT2D eigenvalue weighted by Gasteiger charge is -2.28. The Morgan fingerprint density at radius 2 is 1.88 bits per heavy atom. The Hall–Kier alpha value is -3.37. The van der Waals surface area contributed by atoms with Crippen molar-refractivity contribution in [2.45, 2.75) is 12.7 Å². The van der Waals surface area contributed by atoms with Crippen LogP contribution in [0.2, 0.25) is 0 Å². The summed E-state index contributed by atoms with van der Waals surface area (Å²) in [6, 6.07) is 15.8. The van der Waals surface area contributed by atoms with Crippen LogP contribution in [0.1, 0.15) is 5.56 Å². The Balaban J connectivity index is 1.59. The number of carbonyl (C=O) groups is 1. The fourth-order valence-electron chi connectivity index (χ4n) is 3.63. The van der Waals surface area contributed by atoms with E-state index in [1.807, 2.05) is 35.1 Å². The molecule has 2 N–H and O–H groups in total. The highest BCUT2D eigenvalue weighted by Crippen LogP contribution is 2.40. The number of anilines is 1. The minimum Gasteiger partial charge on any atom is -0.488 e. The van der Waals surface area contributed by atoms with E-state index in [2.05, 4.69) is 5.32 Å². The average molecular weight is 457 g/mol. The van der Waals surface area contributed by atoms with Gasteiger partial charge in [-0.1, -0.05) is 36.4 Å². The molecule has 166 valence electrons. The number of rotatable bonds is 6. The highest BCUT2D eigenvalue weighted by atomic mass is 32.2. The summed E-state index contributed by atoms with van der Waals surface area (Å²) >= 11 is 0. The van der Waals surface area contributed by atoms with Crippen molar-refractivity contribution in [3.05, 3.63) is 66.0 Å². The molecule has 3 aromatic carbocycles. The standard InChI is InChI=1S/C22H20FN3O5S/c23-21-18-9-16(31-17-10-24-11-17)7-6-15(18)8-19(30-13-14-4-2-1-3-5-14)22(21)26-12-20(27)25-32(26,28)29/h1-9,17,24H,10-13H2,(H,25,27). The molecule has 2 aliphatic rings. The summed E-state index contributed by atoms with van der Waals surface area (Å²) < 4.78 is 55.0. The van der Waals surface area contributed by atoms with Gasteiger partial charge in [0.1, 0.15) is 36.4 Å². The van der Waals surface area contributed by atoms with Gasteiger partial charge in [0.15, 0.2) is 5.82 Å². The van der Waals surface area contributed by atoms with E-state index in [0.717, 1.165) is 5.56 Å². The Morgan fingerprint density at radius 3 is 2.53 bits per heavy atom. The normalized spacial score (nSPS) is 17.8. The lowest BCUT2D eigenvalue weighted by atomic mass is 10.1. The predicted octanol–water partition coefficient (Wildman–Crippen LogP) is 2.09. The van der Waals surface area contributed by atoms with Crippen molar-refractivity contribution < 1.29 is 27.1 Å². The minimum absolute atomic E-state index is 0.00393. The Bertz CT molecular complexity index is 1300. The molecule has 2 saturated heterocycles. The molecule has 0 spiro atoms. The highest BCUT2D eigenvalue weighted by Gasteiger charge is 2.38. The maximum atomic E-state index is 15.8. The van der Waals surface area contributed by atoms with Crippen molar-refractivity contribution in [3.63, 3.8) is 0 Å². The van der Waals surface area contributed by atoms with Crippen LogP contribution in [-0.4, -0.2) is 40.1 Å². The molecule has 5 rings (SSSR count). The van der Waals surface area contributed by atoms with E-state index in [-0.39, 0.29) is 29.5 Å². The van der Waals surface area contributed by atoms with E-state index in [0.29, 0.717) is 28.5 Å². The number of ether oxygens (including phenoxy) is 2. The van der Waals surface area contributed by atoms with Crippen molar-refractivity contribution in [1.29, 1.82) is 0 Å². The van der Waals surface area contributed by atoms with Crippen molar-refractivity contribution in [1.82, 2.24) is 10.0 Å². The molecule has 0 radical (unpaired) electrons. The van der Waals surface area contributed by atoms with Gasteiger partial charge in [0.2, 0.25) is 0 Å². The second-order valence-electron chi connectivity index (χ2n) is 7.63. The number of hydrogen-bond donors (Lipinski definition) is 2. The monoisotopic (exact) mass is 457 g/mol. The van der Waals surface area contributed by atoms with Crippen LogP contribution in [-0.2, 0) is 21.6 Å². The zero-order valence-electron chi connectivity index (χ0n) is 16.9. The van der Waals surface area contributed by atoms with Crippen LogP contribution in [0.3, 0.4) is 0 Å². The van der Waals surface area contributed by atoms with Gasteiger partial charge in [-0.15, -0.1) is 0 Å². The van der Waals surface area contributed by atoms with Gasteiger partial charge in [-0.2, -0.15) is 8.42 Å². The van der Waals surface area contributed by atoms with Crippen LogP contribution < -0.4 is 23.8 Å². The first-order valence-corrected chi connectivity index (χ1v) is 11.5. The van der Waals surface area contributed by atoms with E-state index in [1.54, 1.807) is 18.2 Å². The van der Waals surface area contributed by atoms with Crippen molar-refractivity contribution in [3.8, 4) is 11.5 Å². The van der Waals surface area contributed by atoms with Crippen molar-refractivity contribution in [2.24, 2.45) is 0 Å². The first-order valence-electron chi connectivity index (χ1n) is 10.0. The average Bonchev–Trinajstić information content (AvgIpc) is 3.02. The summed E-state index contributed by atoms with van der Waals surface area (Å²) in [7, 11) is -4.24. The summed E-state index contributed by atoms with van der Waals surface area (Å²) in [6.07, 6.45) is 0.00393. The van der Waals surface area contributed by atoms with Crippen LogP contribution >= 0.6 is 0 Å². The second kappa shape index (κ2) is 7.95. The molecule has 0 aliphatic carbocycles. The minimum atomic E-state index is -4.24. The van der Waals surface area contributed by atoms with Crippen LogP contribution in [0.15, 0.2) is 54.6 Å². The highest BCUT2D eigenvalue weighted by molar-refractivity contribution is 7.92. The zero-order valence-corrected chi connectivity index (χ0v) is 17.7. The largest absolute Gasteiger partial charge is 0.488 e. The first-order chi connectivity index (χ1) is 15.4. The third kappa shape index (κ3) is 3.82. The SMILES string of the molecule is O=C1CN(c2c(OCc3ccccc3)cc3ccc(OC4CNC4)cc3c2F)S(=O)(=O)N1. The Labute approximate surface area is 184 Å². The van der Waals surface area contributed by atoms with Crippen molar-refractivity contribution >= 4 is 32.6 Å². The third-order valence-electron chi connectivity index (χ3n) is 5.34. The molecule has 2 aliphatic heterocycles. The summed E-state index contributed by atoms with van der Waals surface area (Å²) in [6.45, 7) is 0.982. The quantitative estimate of drug-likeness (QED) is 0.589. The van der Waals surface area contributed by atoms with Gasteiger partial charge in [0, 0.05) is 18.5 Å². The number of halogens is 1. The van der Waals surface area contributed by atoms with E-state index in [1.165, 1.54) is 6.07 Å². The smallest absolute Gasteiger partial charge is 0.326 e. The van der Waals surface area contributed by atoms with Crippen LogP contribution in [0.5, 0.6) is 11.5 Å². The van der Waals surface area contributed by atoms with E-state index < -0.39 is 28.5 Å². The van der Waals surface area contributed by atoms with Crippen molar-refractivity contribution in [2.75, 3.05) is 23.9 Å². The molecule has 0 saturated carbocycles. The van der Waals surface area contributed by atoms with Gasteiger partial charge in [-0.05, 0) is 29.1 Å².